The number of rotatable bonds is 1. The van der Waals surface area contributed by atoms with Gasteiger partial charge >= 0.3 is 25.8 Å². The maximum Gasteiger partial charge on any atom is 4.00 e. The Labute approximate surface area is 218 Å². The summed E-state index contributed by atoms with van der Waals surface area (Å²) in [5.74, 6) is 0. The standard InChI is InChI=1S/C21H18N.C5H5.2BrH.Hf/c1-2-8-16-14-17(13-15(16)7-1)22-20-11-5-3-9-18(20)19-10-4-6-12-21(19)22;1-2-4-5-3-1;;;/h1-3,5,7-9,11,13-14H,4,6,10,12H2;1-3H,4H2;2*1H;/q2*-1;;;+4/p-2. The monoisotopic (exact) mass is 687 g/mol. The van der Waals surface area contributed by atoms with Crippen molar-refractivity contribution in [2.75, 3.05) is 0 Å². The van der Waals surface area contributed by atoms with Crippen molar-refractivity contribution in [2.24, 2.45) is 0 Å². The van der Waals surface area contributed by atoms with Crippen molar-refractivity contribution >= 4 is 21.7 Å². The Hall–Kier alpha value is -1.10. The summed E-state index contributed by atoms with van der Waals surface area (Å²) < 4.78 is 2.50. The van der Waals surface area contributed by atoms with Gasteiger partial charge in [0.15, 0.2) is 0 Å². The van der Waals surface area contributed by atoms with Crippen molar-refractivity contribution in [2.45, 2.75) is 32.1 Å². The summed E-state index contributed by atoms with van der Waals surface area (Å²) in [5, 5.41) is 4.11. The average molecular weight is 688 g/mol. The third-order valence-electron chi connectivity index (χ3n) is 5.63. The van der Waals surface area contributed by atoms with E-state index in [9.17, 15) is 0 Å². The summed E-state index contributed by atoms with van der Waals surface area (Å²) >= 11 is 0. The first kappa shape index (κ1) is 25.2. The third-order valence-corrected chi connectivity index (χ3v) is 5.63. The Morgan fingerprint density at radius 2 is 1.67 bits per heavy atom. The molecular weight excluding hydrogens is 665 g/mol. The number of nitrogens with zero attached hydrogens (tertiary/aromatic N) is 1. The Balaban J connectivity index is 0.000000356. The molecule has 4 heteroatoms. The van der Waals surface area contributed by atoms with Crippen LogP contribution < -0.4 is 34.0 Å². The van der Waals surface area contributed by atoms with Gasteiger partial charge in [0.1, 0.15) is 0 Å². The van der Waals surface area contributed by atoms with Crippen molar-refractivity contribution in [1.29, 1.82) is 0 Å². The minimum atomic E-state index is 0. The predicted octanol–water partition coefficient (Wildman–Crippen LogP) is 0.693. The van der Waals surface area contributed by atoms with E-state index in [1.54, 1.807) is 5.56 Å². The van der Waals surface area contributed by atoms with Gasteiger partial charge in [0.05, 0.1) is 5.52 Å². The molecule has 0 fully saturated rings. The molecule has 4 aromatic rings. The van der Waals surface area contributed by atoms with Crippen LogP contribution in [0.1, 0.15) is 30.5 Å². The van der Waals surface area contributed by atoms with Gasteiger partial charge in [-0.3, -0.25) is 6.08 Å². The maximum absolute atomic E-state index is 2.99. The first-order valence-corrected chi connectivity index (χ1v) is 9.90. The predicted molar refractivity (Wildman–Crippen MR) is 115 cm³/mol. The molecule has 0 saturated carbocycles. The number of benzene rings is 2. The van der Waals surface area contributed by atoms with Crippen molar-refractivity contribution in [3.05, 3.63) is 96.2 Å². The Kier molecular flexibility index (Phi) is 9.65. The van der Waals surface area contributed by atoms with Crippen molar-refractivity contribution in [3.8, 4) is 5.69 Å². The maximum atomic E-state index is 2.99. The van der Waals surface area contributed by atoms with E-state index in [1.165, 1.54) is 58.7 Å². The summed E-state index contributed by atoms with van der Waals surface area (Å²) in [5.41, 5.74) is 5.79. The first-order chi connectivity index (χ1) is 13.4. The fraction of sp³-hybridized carbons (Fsp3) is 0.192. The molecule has 1 heterocycles. The largest absolute Gasteiger partial charge is 4.00 e. The molecule has 30 heavy (non-hydrogen) atoms. The molecule has 0 spiro atoms. The van der Waals surface area contributed by atoms with E-state index in [4.69, 9.17) is 0 Å². The normalized spacial score (nSPS) is 13.6. The zero-order valence-electron chi connectivity index (χ0n) is 16.7. The second kappa shape index (κ2) is 11.5. The van der Waals surface area contributed by atoms with Crippen LogP contribution in [0.3, 0.4) is 0 Å². The molecule has 0 aliphatic heterocycles. The molecule has 1 nitrogen and oxygen atoms in total. The summed E-state index contributed by atoms with van der Waals surface area (Å²) in [6.45, 7) is 0. The molecule has 0 amide bonds. The van der Waals surface area contributed by atoms with Crippen LogP contribution in [0, 0.1) is 6.08 Å². The summed E-state index contributed by atoms with van der Waals surface area (Å²) in [6.07, 6.45) is 15.1. The number of halogens is 2. The Morgan fingerprint density at radius 3 is 2.40 bits per heavy atom. The van der Waals surface area contributed by atoms with Gasteiger partial charge in [-0.1, -0.05) is 24.3 Å². The molecule has 0 unspecified atom stereocenters. The van der Waals surface area contributed by atoms with E-state index in [1.807, 2.05) is 12.2 Å². The molecule has 3 aromatic carbocycles. The molecule has 0 atom stereocenters. The minimum absolute atomic E-state index is 0. The smallest absolute Gasteiger partial charge is 1.00 e. The van der Waals surface area contributed by atoms with Crippen LogP contribution in [-0.4, -0.2) is 4.57 Å². The van der Waals surface area contributed by atoms with Crippen molar-refractivity contribution < 1.29 is 59.8 Å². The SMILES string of the molecule is [Br-].[Br-].[C-]1=CC=CC1.[Hf+4].c1ccc2[cH-]c(-n3c4c(c5ccccc53)CCCC4)cc2c1. The topological polar surface area (TPSA) is 4.93 Å². The molecule has 150 valence electrons. The molecule has 0 radical (unpaired) electrons. The number of fused-ring (bicyclic) bond motifs is 4. The molecular formula is C26H23Br2HfN. The number of aryl methyl sites for hydroxylation is 1. The van der Waals surface area contributed by atoms with Crippen LogP contribution >= 0.6 is 0 Å². The van der Waals surface area contributed by atoms with Crippen LogP contribution in [-0.2, 0) is 38.7 Å². The quantitative estimate of drug-likeness (QED) is 0.205. The molecule has 6 rings (SSSR count). The van der Waals surface area contributed by atoms with Gasteiger partial charge in [0, 0.05) is 11.1 Å². The number of para-hydroxylation sites is 1. The average Bonchev–Trinajstić information content (AvgIpc) is 3.46. The van der Waals surface area contributed by atoms with Crippen molar-refractivity contribution in [1.82, 2.24) is 4.57 Å². The second-order valence-corrected chi connectivity index (χ2v) is 7.33. The number of aromatic nitrogens is 1. The van der Waals surface area contributed by atoms with Crippen molar-refractivity contribution in [3.63, 3.8) is 0 Å². The fourth-order valence-electron chi connectivity index (χ4n) is 4.39. The van der Waals surface area contributed by atoms with Gasteiger partial charge in [-0.2, -0.15) is 6.08 Å². The zero-order chi connectivity index (χ0) is 18.1. The van der Waals surface area contributed by atoms with Gasteiger partial charge in [-0.15, -0.1) is 47.5 Å². The molecule has 1 aromatic heterocycles. The third kappa shape index (κ3) is 4.87. The van der Waals surface area contributed by atoms with Gasteiger partial charge in [-0.05, 0) is 43.0 Å². The van der Waals surface area contributed by atoms with Crippen LogP contribution in [0.2, 0.25) is 0 Å². The van der Waals surface area contributed by atoms with Crippen LogP contribution in [0.25, 0.3) is 27.4 Å². The molecule has 0 bridgehead atoms. The number of hydrogen-bond donors (Lipinski definition) is 0. The van der Waals surface area contributed by atoms with Gasteiger partial charge in [0.2, 0.25) is 0 Å². The minimum Gasteiger partial charge on any atom is -1.00 e. The van der Waals surface area contributed by atoms with E-state index < -0.39 is 0 Å². The number of allylic oxidation sites excluding steroid dienone is 4. The van der Waals surface area contributed by atoms with Crippen LogP contribution in [0.4, 0.5) is 0 Å². The van der Waals surface area contributed by atoms with Crippen LogP contribution in [0.5, 0.6) is 0 Å². The van der Waals surface area contributed by atoms with E-state index in [2.05, 4.69) is 77.4 Å². The van der Waals surface area contributed by atoms with E-state index in [-0.39, 0.29) is 59.8 Å². The molecule has 0 N–H and O–H groups in total. The molecule has 2 aliphatic rings. The summed E-state index contributed by atoms with van der Waals surface area (Å²) in [6, 6.07) is 22.2. The Morgan fingerprint density at radius 1 is 0.900 bits per heavy atom. The molecule has 2 aliphatic carbocycles. The first-order valence-electron chi connectivity index (χ1n) is 9.90. The summed E-state index contributed by atoms with van der Waals surface area (Å²) in [7, 11) is 0. The summed E-state index contributed by atoms with van der Waals surface area (Å²) in [4.78, 5) is 0. The van der Waals surface area contributed by atoms with Crippen LogP contribution in [0.15, 0.2) is 78.9 Å². The molecule has 0 saturated heterocycles. The van der Waals surface area contributed by atoms with E-state index >= 15 is 0 Å². The van der Waals surface area contributed by atoms with Gasteiger partial charge in [-0.25, -0.2) is 12.2 Å². The second-order valence-electron chi connectivity index (χ2n) is 7.33. The Bertz CT molecular complexity index is 1120. The van der Waals surface area contributed by atoms with E-state index in [0.29, 0.717) is 0 Å². The van der Waals surface area contributed by atoms with Gasteiger partial charge in [0.25, 0.3) is 0 Å². The fourth-order valence-corrected chi connectivity index (χ4v) is 4.39. The zero-order valence-corrected chi connectivity index (χ0v) is 23.5. The van der Waals surface area contributed by atoms with Gasteiger partial charge < -0.3 is 38.5 Å². The van der Waals surface area contributed by atoms with E-state index in [0.717, 1.165) is 6.42 Å². The number of hydrogen-bond acceptors (Lipinski definition) is 0.